The number of hydrogen-bond acceptors (Lipinski definition) is 1. The van der Waals surface area contributed by atoms with Gasteiger partial charge in [-0.25, -0.2) is 0 Å². The van der Waals surface area contributed by atoms with E-state index < -0.39 is 0 Å². The molecule has 30 heavy (non-hydrogen) atoms. The SMILES string of the molecule is Cc1[nH]c2ccccc2c1C(c1cccnc1)[NH+]1CC[NH+](Cc2ccccc2)CC1. The number of rotatable bonds is 5. The first kappa shape index (κ1) is 19.0. The number of hydrogen-bond donors (Lipinski definition) is 3. The van der Waals surface area contributed by atoms with Gasteiger partial charge in [0.2, 0.25) is 0 Å². The van der Waals surface area contributed by atoms with Crippen molar-refractivity contribution in [2.45, 2.75) is 19.5 Å². The van der Waals surface area contributed by atoms with Gasteiger partial charge in [-0.05, 0) is 25.1 Å². The van der Waals surface area contributed by atoms with Gasteiger partial charge in [-0.3, -0.25) is 4.98 Å². The number of fused-ring (bicyclic) bond motifs is 1. The molecule has 1 unspecified atom stereocenters. The normalized spacial score (nSPS) is 20.3. The fourth-order valence-corrected chi connectivity index (χ4v) is 5.10. The standard InChI is InChI=1S/C26H28N4/c1-20-25(23-11-5-6-12-24(23)28-20)26(22-10-7-13-27-18-22)30-16-14-29(15-17-30)19-21-8-3-2-4-9-21/h2-13,18,26,28H,14-17,19H2,1H3/p+2. The zero-order valence-corrected chi connectivity index (χ0v) is 17.6. The first-order valence-corrected chi connectivity index (χ1v) is 11.0. The van der Waals surface area contributed by atoms with E-state index in [0.717, 1.165) is 6.54 Å². The Bertz CT molecular complexity index is 1100. The van der Waals surface area contributed by atoms with Gasteiger partial charge in [-0.1, -0.05) is 48.5 Å². The molecule has 2 aromatic carbocycles. The quantitative estimate of drug-likeness (QED) is 0.472. The highest BCUT2D eigenvalue weighted by molar-refractivity contribution is 5.85. The summed E-state index contributed by atoms with van der Waals surface area (Å²) in [6, 6.07) is 24.2. The number of aryl methyl sites for hydroxylation is 1. The van der Waals surface area contributed by atoms with Crippen LogP contribution in [0.1, 0.15) is 28.4 Å². The Morgan fingerprint density at radius 3 is 2.43 bits per heavy atom. The first-order chi connectivity index (χ1) is 14.8. The third-order valence-electron chi connectivity index (χ3n) is 6.55. The molecule has 1 atom stereocenters. The van der Waals surface area contributed by atoms with E-state index in [1.54, 1.807) is 9.80 Å². The summed E-state index contributed by atoms with van der Waals surface area (Å²) in [6.07, 6.45) is 3.93. The maximum absolute atomic E-state index is 4.46. The van der Waals surface area contributed by atoms with E-state index in [2.05, 4.69) is 89.8 Å². The lowest BCUT2D eigenvalue weighted by atomic mass is 9.95. The Morgan fingerprint density at radius 2 is 1.67 bits per heavy atom. The number of para-hydroxylation sites is 1. The number of pyridine rings is 1. The maximum Gasteiger partial charge on any atom is 0.143 e. The fourth-order valence-electron chi connectivity index (χ4n) is 5.10. The number of H-pyrrole nitrogens is 1. The molecule has 0 aliphatic carbocycles. The Kier molecular flexibility index (Phi) is 5.35. The second-order valence-electron chi connectivity index (χ2n) is 8.50. The van der Waals surface area contributed by atoms with Gasteiger partial charge in [0.15, 0.2) is 0 Å². The molecule has 4 heteroatoms. The van der Waals surface area contributed by atoms with Gasteiger partial charge < -0.3 is 14.8 Å². The molecular formula is C26H30N4+2. The highest BCUT2D eigenvalue weighted by Gasteiger charge is 2.34. The summed E-state index contributed by atoms with van der Waals surface area (Å²) in [5, 5.41) is 1.34. The summed E-state index contributed by atoms with van der Waals surface area (Å²) in [7, 11) is 0. The van der Waals surface area contributed by atoms with Crippen molar-refractivity contribution in [2.24, 2.45) is 0 Å². The van der Waals surface area contributed by atoms with E-state index in [1.165, 1.54) is 59.5 Å². The van der Waals surface area contributed by atoms with Crippen molar-refractivity contribution >= 4 is 10.9 Å². The minimum absolute atomic E-state index is 0.313. The largest absolute Gasteiger partial charge is 0.358 e. The van der Waals surface area contributed by atoms with Gasteiger partial charge in [0, 0.05) is 45.7 Å². The van der Waals surface area contributed by atoms with Gasteiger partial charge in [-0.2, -0.15) is 0 Å². The molecule has 4 aromatic rings. The van der Waals surface area contributed by atoms with Gasteiger partial charge in [0.05, 0.1) is 0 Å². The Morgan fingerprint density at radius 1 is 0.900 bits per heavy atom. The van der Waals surface area contributed by atoms with E-state index in [0.29, 0.717) is 6.04 Å². The Labute approximate surface area is 178 Å². The van der Waals surface area contributed by atoms with E-state index in [9.17, 15) is 0 Å². The van der Waals surface area contributed by atoms with E-state index in [4.69, 9.17) is 0 Å². The molecule has 1 aliphatic heterocycles. The van der Waals surface area contributed by atoms with Crippen molar-refractivity contribution in [3.8, 4) is 0 Å². The van der Waals surface area contributed by atoms with E-state index >= 15 is 0 Å². The highest BCUT2D eigenvalue weighted by Crippen LogP contribution is 2.30. The van der Waals surface area contributed by atoms with Crippen LogP contribution in [0.15, 0.2) is 79.1 Å². The van der Waals surface area contributed by atoms with Gasteiger partial charge >= 0.3 is 0 Å². The molecule has 0 bridgehead atoms. The molecule has 1 saturated heterocycles. The van der Waals surface area contributed by atoms with Crippen molar-refractivity contribution in [3.05, 3.63) is 102 Å². The molecule has 2 aromatic heterocycles. The van der Waals surface area contributed by atoms with Crippen molar-refractivity contribution < 1.29 is 9.80 Å². The Hall–Kier alpha value is -2.95. The van der Waals surface area contributed by atoms with Crippen LogP contribution in [-0.2, 0) is 6.54 Å². The smallest absolute Gasteiger partial charge is 0.143 e. The number of benzene rings is 2. The minimum atomic E-state index is 0.313. The van der Waals surface area contributed by atoms with Crippen LogP contribution in [0.3, 0.4) is 0 Å². The maximum atomic E-state index is 4.46. The lowest BCUT2D eigenvalue weighted by Crippen LogP contribution is -3.27. The predicted molar refractivity (Wildman–Crippen MR) is 121 cm³/mol. The average Bonchev–Trinajstić information content (AvgIpc) is 3.12. The molecule has 1 fully saturated rings. The number of nitrogens with zero attached hydrogens (tertiary/aromatic N) is 1. The summed E-state index contributed by atoms with van der Waals surface area (Å²) in [4.78, 5) is 11.4. The lowest BCUT2D eigenvalue weighted by Gasteiger charge is -2.35. The van der Waals surface area contributed by atoms with Crippen LogP contribution in [0.2, 0.25) is 0 Å². The number of aromatic amines is 1. The van der Waals surface area contributed by atoms with Crippen LogP contribution in [0.4, 0.5) is 0 Å². The minimum Gasteiger partial charge on any atom is -0.358 e. The van der Waals surface area contributed by atoms with E-state index in [1.807, 2.05) is 6.20 Å². The molecular weight excluding hydrogens is 368 g/mol. The lowest BCUT2D eigenvalue weighted by molar-refractivity contribution is -1.03. The van der Waals surface area contributed by atoms with E-state index in [-0.39, 0.29) is 0 Å². The van der Waals surface area contributed by atoms with Gasteiger partial charge in [-0.15, -0.1) is 0 Å². The molecule has 0 spiro atoms. The fraction of sp³-hybridized carbons (Fsp3) is 0.269. The first-order valence-electron chi connectivity index (χ1n) is 11.0. The summed E-state index contributed by atoms with van der Waals surface area (Å²) >= 11 is 0. The molecule has 3 N–H and O–H groups in total. The Balaban J connectivity index is 1.43. The number of piperazine rings is 1. The molecule has 1 aliphatic rings. The number of aromatic nitrogens is 2. The monoisotopic (exact) mass is 398 g/mol. The molecule has 0 amide bonds. The van der Waals surface area contributed by atoms with Crippen LogP contribution in [0, 0.1) is 6.92 Å². The topological polar surface area (TPSA) is 37.6 Å². The zero-order chi connectivity index (χ0) is 20.3. The summed E-state index contributed by atoms with van der Waals surface area (Å²) < 4.78 is 0. The van der Waals surface area contributed by atoms with Crippen molar-refractivity contribution in [3.63, 3.8) is 0 Å². The second-order valence-corrected chi connectivity index (χ2v) is 8.50. The highest BCUT2D eigenvalue weighted by atomic mass is 15.3. The molecule has 3 heterocycles. The third kappa shape index (κ3) is 3.76. The average molecular weight is 399 g/mol. The third-order valence-corrected chi connectivity index (χ3v) is 6.55. The molecule has 152 valence electrons. The second kappa shape index (κ2) is 8.42. The van der Waals surface area contributed by atoms with Crippen molar-refractivity contribution in [1.29, 1.82) is 0 Å². The van der Waals surface area contributed by atoms with Crippen LogP contribution in [0.5, 0.6) is 0 Å². The van der Waals surface area contributed by atoms with Crippen LogP contribution in [0.25, 0.3) is 10.9 Å². The van der Waals surface area contributed by atoms with Gasteiger partial charge in [0.1, 0.15) is 38.8 Å². The zero-order valence-electron chi connectivity index (χ0n) is 17.6. The predicted octanol–water partition coefficient (Wildman–Crippen LogP) is 1.94. The van der Waals surface area contributed by atoms with Gasteiger partial charge in [0.25, 0.3) is 0 Å². The summed E-state index contributed by atoms with van der Waals surface area (Å²) in [5.41, 5.74) is 6.68. The number of quaternary nitrogens is 2. The number of nitrogens with one attached hydrogen (secondary N) is 3. The van der Waals surface area contributed by atoms with Crippen LogP contribution < -0.4 is 9.80 Å². The molecule has 0 saturated carbocycles. The van der Waals surface area contributed by atoms with Crippen molar-refractivity contribution in [1.82, 2.24) is 9.97 Å². The van der Waals surface area contributed by atoms with Crippen LogP contribution in [-0.4, -0.2) is 36.1 Å². The molecule has 5 rings (SSSR count). The molecule has 0 radical (unpaired) electrons. The van der Waals surface area contributed by atoms with Crippen LogP contribution >= 0.6 is 0 Å². The van der Waals surface area contributed by atoms with Crippen molar-refractivity contribution in [2.75, 3.05) is 26.2 Å². The summed E-state index contributed by atoms with van der Waals surface area (Å²) in [5.74, 6) is 0. The summed E-state index contributed by atoms with van der Waals surface area (Å²) in [6.45, 7) is 8.07. The molecule has 4 nitrogen and oxygen atoms in total.